The molecule has 0 spiro atoms. The number of ether oxygens (including phenoxy) is 1. The number of carbonyl (C=O) groups excluding carboxylic acids is 1. The van der Waals surface area contributed by atoms with Gasteiger partial charge in [0.2, 0.25) is 0 Å². The third-order valence-corrected chi connectivity index (χ3v) is 2.74. The van der Waals surface area contributed by atoms with Crippen molar-refractivity contribution in [2.24, 2.45) is 0 Å². The molecule has 16 heavy (non-hydrogen) atoms. The molecule has 1 aliphatic rings. The Balaban J connectivity index is 2.17. The van der Waals surface area contributed by atoms with E-state index in [-0.39, 0.29) is 12.0 Å². The van der Waals surface area contributed by atoms with Crippen LogP contribution in [0.2, 0.25) is 0 Å². The molecule has 2 rings (SSSR count). The maximum absolute atomic E-state index is 11.8. The second-order valence-corrected chi connectivity index (χ2v) is 4.51. The molecular formula is C13H17NO2. The Morgan fingerprint density at radius 3 is 2.88 bits per heavy atom. The molecule has 0 saturated heterocycles. The molecule has 0 atom stereocenters. The fourth-order valence-corrected chi connectivity index (χ4v) is 1.85. The van der Waals surface area contributed by atoms with Crippen LogP contribution in [0.3, 0.4) is 0 Å². The molecule has 1 aromatic carbocycles. The minimum atomic E-state index is 0.112. The van der Waals surface area contributed by atoms with E-state index >= 15 is 0 Å². The van der Waals surface area contributed by atoms with Gasteiger partial charge in [0, 0.05) is 19.2 Å². The Morgan fingerprint density at radius 2 is 2.19 bits per heavy atom. The molecular weight excluding hydrogens is 202 g/mol. The van der Waals surface area contributed by atoms with Crippen molar-refractivity contribution < 1.29 is 9.53 Å². The quantitative estimate of drug-likeness (QED) is 0.780. The molecule has 0 aromatic heterocycles. The highest BCUT2D eigenvalue weighted by atomic mass is 16.5. The van der Waals surface area contributed by atoms with Crippen LogP contribution in [0.1, 0.15) is 35.3 Å². The number of benzene rings is 1. The van der Waals surface area contributed by atoms with E-state index in [1.807, 2.05) is 39.1 Å². The molecule has 0 fully saturated rings. The van der Waals surface area contributed by atoms with Crippen molar-refractivity contribution in [1.29, 1.82) is 0 Å². The summed E-state index contributed by atoms with van der Waals surface area (Å²) in [6.07, 6.45) is 0.214. The topological polar surface area (TPSA) is 29.5 Å². The zero-order valence-corrected chi connectivity index (χ0v) is 9.99. The van der Waals surface area contributed by atoms with Crippen LogP contribution in [-0.2, 0) is 17.9 Å². The summed E-state index contributed by atoms with van der Waals surface area (Å²) in [6.45, 7) is 5.31. The van der Waals surface area contributed by atoms with Gasteiger partial charge in [-0.1, -0.05) is 12.1 Å². The largest absolute Gasteiger partial charge is 0.374 e. The Labute approximate surface area is 96.0 Å². The summed E-state index contributed by atoms with van der Waals surface area (Å²) in [5, 5.41) is 0. The maximum Gasteiger partial charge on any atom is 0.254 e. The highest BCUT2D eigenvalue weighted by Gasteiger charge is 2.24. The predicted molar refractivity (Wildman–Crippen MR) is 62.2 cm³/mol. The first kappa shape index (κ1) is 11.1. The molecule has 0 bridgehead atoms. The fraction of sp³-hybridized carbons (Fsp3) is 0.462. The van der Waals surface area contributed by atoms with E-state index in [0.717, 1.165) is 23.2 Å². The van der Waals surface area contributed by atoms with Gasteiger partial charge in [-0.3, -0.25) is 4.79 Å². The molecule has 3 heteroatoms. The number of hydrogen-bond donors (Lipinski definition) is 0. The van der Waals surface area contributed by atoms with Crippen LogP contribution in [-0.4, -0.2) is 24.0 Å². The highest BCUT2D eigenvalue weighted by Crippen LogP contribution is 2.22. The van der Waals surface area contributed by atoms with Crippen molar-refractivity contribution in [3.63, 3.8) is 0 Å². The molecule has 0 saturated carbocycles. The van der Waals surface area contributed by atoms with E-state index in [0.29, 0.717) is 6.61 Å². The van der Waals surface area contributed by atoms with E-state index in [2.05, 4.69) is 0 Å². The Bertz CT molecular complexity index is 412. The van der Waals surface area contributed by atoms with Gasteiger partial charge in [0.15, 0.2) is 0 Å². The van der Waals surface area contributed by atoms with Gasteiger partial charge in [-0.25, -0.2) is 0 Å². The van der Waals surface area contributed by atoms with Gasteiger partial charge in [-0.2, -0.15) is 0 Å². The Morgan fingerprint density at radius 1 is 1.44 bits per heavy atom. The third-order valence-electron chi connectivity index (χ3n) is 2.74. The summed E-state index contributed by atoms with van der Waals surface area (Å²) >= 11 is 0. The monoisotopic (exact) mass is 219 g/mol. The molecule has 0 aliphatic carbocycles. The van der Waals surface area contributed by atoms with Gasteiger partial charge in [0.25, 0.3) is 5.91 Å². The summed E-state index contributed by atoms with van der Waals surface area (Å²) < 4.78 is 5.52. The average Bonchev–Trinajstić information content (AvgIpc) is 2.52. The number of amides is 1. The van der Waals surface area contributed by atoms with Crippen LogP contribution in [0.5, 0.6) is 0 Å². The molecule has 1 aromatic rings. The predicted octanol–water partition coefficient (Wildman–Crippen LogP) is 2.20. The molecule has 0 unspecified atom stereocenters. The minimum Gasteiger partial charge on any atom is -0.374 e. The van der Waals surface area contributed by atoms with E-state index in [1.165, 1.54) is 0 Å². The fourth-order valence-electron chi connectivity index (χ4n) is 1.85. The summed E-state index contributed by atoms with van der Waals surface area (Å²) in [5.74, 6) is 0.112. The lowest BCUT2D eigenvalue weighted by Gasteiger charge is -2.08. The van der Waals surface area contributed by atoms with Crippen molar-refractivity contribution in [1.82, 2.24) is 4.90 Å². The molecule has 86 valence electrons. The normalized spacial score (nSPS) is 14.8. The number of nitrogens with zero attached hydrogens (tertiary/aromatic N) is 1. The molecule has 3 nitrogen and oxygen atoms in total. The second kappa shape index (κ2) is 4.26. The molecule has 1 aliphatic heterocycles. The summed E-state index contributed by atoms with van der Waals surface area (Å²) in [4.78, 5) is 13.5. The standard InChI is InChI=1S/C13H17NO2/c1-9(2)16-8-10-4-5-11-7-14(3)13(15)12(11)6-10/h4-6,9H,7-8H2,1-3H3. The summed E-state index contributed by atoms with van der Waals surface area (Å²) in [5.41, 5.74) is 3.00. The van der Waals surface area contributed by atoms with Crippen LogP contribution in [0.4, 0.5) is 0 Å². The molecule has 0 radical (unpaired) electrons. The van der Waals surface area contributed by atoms with Crippen molar-refractivity contribution in [3.05, 3.63) is 34.9 Å². The SMILES string of the molecule is CC(C)OCc1ccc2c(c1)C(=O)N(C)C2. The average molecular weight is 219 g/mol. The van der Waals surface area contributed by atoms with Gasteiger partial charge in [-0.05, 0) is 31.0 Å². The number of rotatable bonds is 3. The lowest BCUT2D eigenvalue weighted by molar-refractivity contribution is 0.0656. The molecule has 1 amide bonds. The minimum absolute atomic E-state index is 0.112. The second-order valence-electron chi connectivity index (χ2n) is 4.51. The first-order chi connectivity index (χ1) is 7.58. The van der Waals surface area contributed by atoms with E-state index < -0.39 is 0 Å². The first-order valence-corrected chi connectivity index (χ1v) is 5.57. The first-order valence-electron chi connectivity index (χ1n) is 5.57. The Hall–Kier alpha value is -1.35. The summed E-state index contributed by atoms with van der Waals surface area (Å²) in [7, 11) is 1.83. The highest BCUT2D eigenvalue weighted by molar-refractivity contribution is 5.98. The Kier molecular flexibility index (Phi) is 2.97. The van der Waals surface area contributed by atoms with Crippen molar-refractivity contribution in [3.8, 4) is 0 Å². The zero-order chi connectivity index (χ0) is 11.7. The summed E-state index contributed by atoms with van der Waals surface area (Å²) in [6, 6.07) is 6.01. The number of hydrogen-bond acceptors (Lipinski definition) is 2. The number of fused-ring (bicyclic) bond motifs is 1. The van der Waals surface area contributed by atoms with Crippen LogP contribution in [0.25, 0.3) is 0 Å². The van der Waals surface area contributed by atoms with Crippen LogP contribution in [0, 0.1) is 0 Å². The zero-order valence-electron chi connectivity index (χ0n) is 9.99. The smallest absolute Gasteiger partial charge is 0.254 e. The van der Waals surface area contributed by atoms with Crippen molar-refractivity contribution in [2.45, 2.75) is 33.1 Å². The van der Waals surface area contributed by atoms with Gasteiger partial charge < -0.3 is 9.64 Å². The van der Waals surface area contributed by atoms with Crippen LogP contribution >= 0.6 is 0 Å². The molecule has 1 heterocycles. The van der Waals surface area contributed by atoms with Gasteiger partial charge in [0.1, 0.15) is 0 Å². The van der Waals surface area contributed by atoms with Gasteiger partial charge >= 0.3 is 0 Å². The number of carbonyl (C=O) groups is 1. The lowest BCUT2D eigenvalue weighted by Crippen LogP contribution is -2.17. The van der Waals surface area contributed by atoms with Crippen LogP contribution in [0.15, 0.2) is 18.2 Å². The van der Waals surface area contributed by atoms with Crippen LogP contribution < -0.4 is 0 Å². The van der Waals surface area contributed by atoms with Crippen molar-refractivity contribution >= 4 is 5.91 Å². The van der Waals surface area contributed by atoms with Gasteiger partial charge in [-0.15, -0.1) is 0 Å². The van der Waals surface area contributed by atoms with E-state index in [1.54, 1.807) is 4.90 Å². The van der Waals surface area contributed by atoms with E-state index in [4.69, 9.17) is 4.74 Å². The third kappa shape index (κ3) is 2.09. The molecule has 0 N–H and O–H groups in total. The van der Waals surface area contributed by atoms with E-state index in [9.17, 15) is 4.79 Å². The lowest BCUT2D eigenvalue weighted by atomic mass is 10.1. The van der Waals surface area contributed by atoms with Crippen molar-refractivity contribution in [2.75, 3.05) is 7.05 Å². The van der Waals surface area contributed by atoms with Gasteiger partial charge in [0.05, 0.1) is 12.7 Å². The maximum atomic E-state index is 11.8.